The molecule has 0 aliphatic rings. The van der Waals surface area contributed by atoms with Crippen LogP contribution in [0.1, 0.15) is 29.9 Å². The summed E-state index contributed by atoms with van der Waals surface area (Å²) in [6, 6.07) is 5.29. The highest BCUT2D eigenvalue weighted by atomic mass is 19.1. The van der Waals surface area contributed by atoms with E-state index in [1.54, 1.807) is 6.07 Å². The Morgan fingerprint density at radius 1 is 1.22 bits per heavy atom. The van der Waals surface area contributed by atoms with Gasteiger partial charge in [0.05, 0.1) is 12.4 Å². The Labute approximate surface area is 104 Å². The second-order valence-electron chi connectivity index (χ2n) is 4.07. The fraction of sp³-hybridized carbons (Fsp3) is 0.286. The number of rotatable bonds is 4. The zero-order valence-electron chi connectivity index (χ0n) is 9.99. The Morgan fingerprint density at radius 2 is 1.89 bits per heavy atom. The Kier molecular flexibility index (Phi) is 3.77. The van der Waals surface area contributed by atoms with E-state index in [-0.39, 0.29) is 12.0 Å². The van der Waals surface area contributed by atoms with Gasteiger partial charge >= 0.3 is 0 Å². The van der Waals surface area contributed by atoms with Gasteiger partial charge in [-0.05, 0) is 18.2 Å². The number of aryl methyl sites for hydroxylation is 1. The number of aliphatic hydroxyl groups excluding tert-OH is 1. The molecule has 1 N–H and O–H groups in total. The van der Waals surface area contributed by atoms with Crippen molar-refractivity contribution in [1.29, 1.82) is 0 Å². The number of hydrogen-bond donors (Lipinski definition) is 1. The van der Waals surface area contributed by atoms with Gasteiger partial charge in [-0.3, -0.25) is 0 Å². The average Bonchev–Trinajstić information content (AvgIpc) is 2.82. The van der Waals surface area contributed by atoms with Crippen LogP contribution in [0, 0.1) is 11.6 Å². The van der Waals surface area contributed by atoms with Crippen LogP contribution in [0.4, 0.5) is 8.78 Å². The number of benzene rings is 1. The highest BCUT2D eigenvalue weighted by Gasteiger charge is 2.18. The molecular weight excluding hydrogens is 238 g/mol. The van der Waals surface area contributed by atoms with Crippen molar-refractivity contribution in [1.82, 2.24) is 0 Å². The summed E-state index contributed by atoms with van der Waals surface area (Å²) in [6.45, 7) is 1.89. The highest BCUT2D eigenvalue weighted by Crippen LogP contribution is 2.25. The molecule has 2 rings (SSSR count). The standard InChI is InChI=1S/C14H14F2O2/c1-2-14-9(6-7-18-14)13(17)8-10-11(15)4-3-5-12(10)16/h3-7,13,17H,2,8H2,1H3. The molecule has 1 aromatic carbocycles. The fourth-order valence-corrected chi connectivity index (χ4v) is 1.97. The van der Waals surface area contributed by atoms with E-state index in [1.165, 1.54) is 24.5 Å². The molecule has 0 saturated heterocycles. The van der Waals surface area contributed by atoms with Crippen molar-refractivity contribution in [2.75, 3.05) is 0 Å². The second kappa shape index (κ2) is 5.31. The Balaban J connectivity index is 2.24. The molecule has 0 amide bonds. The minimum absolute atomic E-state index is 0.103. The summed E-state index contributed by atoms with van der Waals surface area (Å²) in [6.07, 6.45) is 1.02. The molecule has 1 unspecified atom stereocenters. The Morgan fingerprint density at radius 3 is 2.50 bits per heavy atom. The maximum absolute atomic E-state index is 13.5. The minimum atomic E-state index is -0.968. The van der Waals surface area contributed by atoms with Crippen molar-refractivity contribution >= 4 is 0 Å². The van der Waals surface area contributed by atoms with Crippen LogP contribution < -0.4 is 0 Å². The summed E-state index contributed by atoms with van der Waals surface area (Å²) in [5.41, 5.74) is 0.480. The molecule has 0 aliphatic carbocycles. The van der Waals surface area contributed by atoms with Crippen molar-refractivity contribution in [2.24, 2.45) is 0 Å². The summed E-state index contributed by atoms with van der Waals surface area (Å²) in [7, 11) is 0. The summed E-state index contributed by atoms with van der Waals surface area (Å²) in [5.74, 6) is -0.648. The molecule has 1 atom stereocenters. The third kappa shape index (κ3) is 2.43. The maximum atomic E-state index is 13.5. The second-order valence-corrected chi connectivity index (χ2v) is 4.07. The Hall–Kier alpha value is -1.68. The van der Waals surface area contributed by atoms with Gasteiger partial charge < -0.3 is 9.52 Å². The van der Waals surface area contributed by atoms with Gasteiger partial charge in [0.1, 0.15) is 17.4 Å². The van der Waals surface area contributed by atoms with Crippen LogP contribution in [0.5, 0.6) is 0 Å². The zero-order chi connectivity index (χ0) is 13.1. The normalized spacial score (nSPS) is 12.7. The van der Waals surface area contributed by atoms with Gasteiger partial charge in [0.15, 0.2) is 0 Å². The van der Waals surface area contributed by atoms with Gasteiger partial charge in [-0.1, -0.05) is 13.0 Å². The van der Waals surface area contributed by atoms with Gasteiger partial charge in [0, 0.05) is 24.0 Å². The van der Waals surface area contributed by atoms with Gasteiger partial charge in [0.2, 0.25) is 0 Å². The van der Waals surface area contributed by atoms with Crippen LogP contribution in [0.25, 0.3) is 0 Å². The van der Waals surface area contributed by atoms with Crippen LogP contribution in [-0.4, -0.2) is 5.11 Å². The zero-order valence-corrected chi connectivity index (χ0v) is 9.99. The number of halogens is 2. The largest absolute Gasteiger partial charge is 0.469 e. The van der Waals surface area contributed by atoms with E-state index >= 15 is 0 Å². The molecule has 96 valence electrons. The van der Waals surface area contributed by atoms with Gasteiger partial charge in [-0.25, -0.2) is 8.78 Å². The molecule has 0 aliphatic heterocycles. The molecule has 2 nitrogen and oxygen atoms in total. The molecule has 1 heterocycles. The first kappa shape index (κ1) is 12.8. The highest BCUT2D eigenvalue weighted by molar-refractivity contribution is 5.25. The molecule has 0 radical (unpaired) electrons. The Bertz CT molecular complexity index is 514. The molecule has 1 aromatic heterocycles. The third-order valence-corrected chi connectivity index (χ3v) is 2.92. The third-order valence-electron chi connectivity index (χ3n) is 2.92. The van der Waals surface area contributed by atoms with Gasteiger partial charge in [-0.2, -0.15) is 0 Å². The van der Waals surface area contributed by atoms with Crippen LogP contribution in [0.15, 0.2) is 34.9 Å². The predicted octanol–water partition coefficient (Wildman–Crippen LogP) is 3.40. The molecule has 2 aromatic rings. The van der Waals surface area contributed by atoms with Crippen molar-refractivity contribution in [2.45, 2.75) is 25.9 Å². The van der Waals surface area contributed by atoms with Gasteiger partial charge in [-0.15, -0.1) is 0 Å². The quantitative estimate of drug-likeness (QED) is 0.904. The summed E-state index contributed by atoms with van der Waals surface area (Å²) in [5, 5.41) is 10.0. The lowest BCUT2D eigenvalue weighted by Crippen LogP contribution is -2.06. The van der Waals surface area contributed by atoms with Gasteiger partial charge in [0.25, 0.3) is 0 Å². The van der Waals surface area contributed by atoms with E-state index in [4.69, 9.17) is 4.42 Å². The van der Waals surface area contributed by atoms with Crippen LogP contribution in [0.3, 0.4) is 0 Å². The van der Waals surface area contributed by atoms with Crippen LogP contribution >= 0.6 is 0 Å². The first-order valence-corrected chi connectivity index (χ1v) is 5.80. The van der Waals surface area contributed by atoms with Crippen molar-refractivity contribution in [3.63, 3.8) is 0 Å². The monoisotopic (exact) mass is 252 g/mol. The molecule has 4 heteroatoms. The van der Waals surface area contributed by atoms with E-state index in [0.717, 1.165) is 0 Å². The average molecular weight is 252 g/mol. The van der Waals surface area contributed by atoms with Crippen LogP contribution in [0.2, 0.25) is 0 Å². The van der Waals surface area contributed by atoms with Crippen molar-refractivity contribution in [3.8, 4) is 0 Å². The van der Waals surface area contributed by atoms with E-state index < -0.39 is 17.7 Å². The van der Waals surface area contributed by atoms with E-state index in [1.807, 2.05) is 6.92 Å². The van der Waals surface area contributed by atoms with E-state index in [0.29, 0.717) is 17.7 Å². The smallest absolute Gasteiger partial charge is 0.129 e. The minimum Gasteiger partial charge on any atom is -0.469 e. The lowest BCUT2D eigenvalue weighted by atomic mass is 10.0. The summed E-state index contributed by atoms with van der Waals surface area (Å²) < 4.78 is 32.1. The summed E-state index contributed by atoms with van der Waals surface area (Å²) >= 11 is 0. The topological polar surface area (TPSA) is 33.4 Å². The number of furan rings is 1. The summed E-state index contributed by atoms with van der Waals surface area (Å²) in [4.78, 5) is 0. The molecule has 0 saturated carbocycles. The first-order chi connectivity index (χ1) is 8.63. The van der Waals surface area contributed by atoms with Crippen LogP contribution in [-0.2, 0) is 12.8 Å². The fourth-order valence-electron chi connectivity index (χ4n) is 1.97. The number of hydrogen-bond acceptors (Lipinski definition) is 2. The maximum Gasteiger partial charge on any atom is 0.129 e. The molecule has 0 spiro atoms. The van der Waals surface area contributed by atoms with E-state index in [9.17, 15) is 13.9 Å². The van der Waals surface area contributed by atoms with E-state index in [2.05, 4.69) is 0 Å². The predicted molar refractivity (Wildman–Crippen MR) is 63.1 cm³/mol. The SMILES string of the molecule is CCc1occc1C(O)Cc1c(F)cccc1F. The van der Waals surface area contributed by atoms with Crippen molar-refractivity contribution in [3.05, 3.63) is 59.1 Å². The van der Waals surface area contributed by atoms with Crippen molar-refractivity contribution < 1.29 is 18.3 Å². The first-order valence-electron chi connectivity index (χ1n) is 5.80. The molecule has 18 heavy (non-hydrogen) atoms. The molecule has 0 bridgehead atoms. The lowest BCUT2D eigenvalue weighted by molar-refractivity contribution is 0.173. The molecule has 0 fully saturated rings. The molecular formula is C14H14F2O2. The number of aliphatic hydroxyl groups is 1. The lowest BCUT2D eigenvalue weighted by Gasteiger charge is -2.11.